The normalized spacial score (nSPS) is 15.4. The van der Waals surface area contributed by atoms with Crippen molar-refractivity contribution in [1.29, 1.82) is 0 Å². The number of urea groups is 1. The number of alkyl halides is 1. The Morgan fingerprint density at radius 3 is 2.57 bits per heavy atom. The van der Waals surface area contributed by atoms with Gasteiger partial charge in [-0.2, -0.15) is 0 Å². The summed E-state index contributed by atoms with van der Waals surface area (Å²) < 4.78 is 0. The highest BCUT2D eigenvalue weighted by atomic mass is 79.9. The van der Waals surface area contributed by atoms with E-state index >= 15 is 0 Å². The Morgan fingerprint density at radius 1 is 1.19 bits per heavy atom. The monoisotopic (exact) mass is 364 g/mol. The summed E-state index contributed by atoms with van der Waals surface area (Å²) >= 11 is 9.66. The first-order valence-electron chi connectivity index (χ1n) is 6.59. The molecule has 1 aliphatic heterocycles. The van der Waals surface area contributed by atoms with Crippen molar-refractivity contribution in [2.75, 3.05) is 12.4 Å². The van der Waals surface area contributed by atoms with Gasteiger partial charge in [-0.25, -0.2) is 4.79 Å². The van der Waals surface area contributed by atoms with Gasteiger partial charge in [0, 0.05) is 24.3 Å². The summed E-state index contributed by atoms with van der Waals surface area (Å²) in [4.78, 5) is 13.4. The maximum absolute atomic E-state index is 11.6. The molecular weight excluding hydrogens is 352 g/mol. The van der Waals surface area contributed by atoms with Crippen LogP contribution in [0.15, 0.2) is 42.5 Å². The summed E-state index contributed by atoms with van der Waals surface area (Å²) in [6.45, 7) is 0.620. The summed E-state index contributed by atoms with van der Waals surface area (Å²) in [5, 5.41) is 3.61. The Hall–Kier alpha value is -1.52. The third kappa shape index (κ3) is 2.92. The van der Waals surface area contributed by atoms with Crippen LogP contribution in [0.25, 0.3) is 0 Å². The Morgan fingerprint density at radius 2 is 1.86 bits per heavy atom. The summed E-state index contributed by atoms with van der Waals surface area (Å²) in [5.74, 6) is 0. The highest BCUT2D eigenvalue weighted by Crippen LogP contribution is 2.34. The number of carbonyl (C=O) groups is 1. The van der Waals surface area contributed by atoms with E-state index in [1.54, 1.807) is 11.9 Å². The molecule has 108 valence electrons. The molecule has 1 atom stereocenters. The van der Waals surface area contributed by atoms with Crippen molar-refractivity contribution in [3.63, 3.8) is 0 Å². The van der Waals surface area contributed by atoms with E-state index in [0.717, 1.165) is 27.4 Å². The first-order valence-corrected chi connectivity index (χ1v) is 7.88. The maximum Gasteiger partial charge on any atom is 0.321 e. The molecule has 5 heteroatoms. The molecule has 3 rings (SSSR count). The molecule has 0 bridgehead atoms. The van der Waals surface area contributed by atoms with Gasteiger partial charge >= 0.3 is 6.03 Å². The fourth-order valence-corrected chi connectivity index (χ4v) is 3.10. The summed E-state index contributed by atoms with van der Waals surface area (Å²) in [6.07, 6.45) is 0. The number of halogens is 2. The van der Waals surface area contributed by atoms with Crippen molar-refractivity contribution in [3.8, 4) is 0 Å². The highest BCUT2D eigenvalue weighted by Gasteiger charge is 2.20. The largest absolute Gasteiger partial charge is 0.323 e. The summed E-state index contributed by atoms with van der Waals surface area (Å²) in [5.41, 5.74) is 4.30. The Balaban J connectivity index is 1.91. The molecule has 1 N–H and O–H groups in total. The molecule has 0 saturated heterocycles. The molecule has 2 amide bonds. The van der Waals surface area contributed by atoms with Crippen LogP contribution in [0.3, 0.4) is 0 Å². The van der Waals surface area contributed by atoms with E-state index in [-0.39, 0.29) is 10.9 Å². The van der Waals surface area contributed by atoms with Gasteiger partial charge in [0.15, 0.2) is 0 Å². The van der Waals surface area contributed by atoms with Crippen LogP contribution >= 0.6 is 27.5 Å². The van der Waals surface area contributed by atoms with Crippen LogP contribution in [0.1, 0.15) is 21.5 Å². The number of rotatable bonds is 2. The zero-order valence-electron chi connectivity index (χ0n) is 11.4. The van der Waals surface area contributed by atoms with Crippen LogP contribution in [0.4, 0.5) is 10.5 Å². The number of carbonyl (C=O) groups excluding carboxylic acids is 1. The Labute approximate surface area is 137 Å². The van der Waals surface area contributed by atoms with E-state index in [2.05, 4.69) is 27.3 Å². The first-order chi connectivity index (χ1) is 10.0. The smallest absolute Gasteiger partial charge is 0.321 e. The van der Waals surface area contributed by atoms with E-state index in [1.807, 2.05) is 36.4 Å². The van der Waals surface area contributed by atoms with E-state index in [9.17, 15) is 4.79 Å². The zero-order chi connectivity index (χ0) is 15.0. The predicted molar refractivity (Wildman–Crippen MR) is 89.1 cm³/mol. The molecule has 0 aliphatic carbocycles. The van der Waals surface area contributed by atoms with Crippen LogP contribution in [0.5, 0.6) is 0 Å². The topological polar surface area (TPSA) is 32.3 Å². The number of benzene rings is 2. The van der Waals surface area contributed by atoms with Gasteiger partial charge in [0.25, 0.3) is 0 Å². The van der Waals surface area contributed by atoms with E-state index < -0.39 is 0 Å². The molecule has 2 aromatic carbocycles. The quantitative estimate of drug-likeness (QED) is 0.762. The molecular formula is C16H14BrClN2O. The fourth-order valence-electron chi connectivity index (χ4n) is 2.39. The molecule has 2 aromatic rings. The van der Waals surface area contributed by atoms with Gasteiger partial charge in [0.2, 0.25) is 0 Å². The lowest BCUT2D eigenvalue weighted by Gasteiger charge is -2.26. The van der Waals surface area contributed by atoms with Gasteiger partial charge in [-0.1, -0.05) is 51.8 Å². The summed E-state index contributed by atoms with van der Waals surface area (Å²) in [6, 6.07) is 13.8. The minimum absolute atomic E-state index is 0.0663. The average molecular weight is 366 g/mol. The lowest BCUT2D eigenvalue weighted by molar-refractivity contribution is 0.218. The molecule has 0 spiro atoms. The molecule has 0 radical (unpaired) electrons. The number of anilines is 1. The highest BCUT2D eigenvalue weighted by molar-refractivity contribution is 9.09. The molecule has 0 aromatic heterocycles. The minimum atomic E-state index is -0.0663. The summed E-state index contributed by atoms with van der Waals surface area (Å²) in [7, 11) is 1.79. The molecule has 1 aliphatic rings. The molecule has 1 unspecified atom stereocenters. The van der Waals surface area contributed by atoms with E-state index in [0.29, 0.717) is 6.54 Å². The second-order valence-electron chi connectivity index (χ2n) is 5.12. The number of fused-ring (bicyclic) bond motifs is 1. The minimum Gasteiger partial charge on any atom is -0.323 e. The van der Waals surface area contributed by atoms with E-state index in [1.165, 1.54) is 0 Å². The number of hydrogen-bond donors (Lipinski definition) is 1. The van der Waals surface area contributed by atoms with Crippen LogP contribution in [0.2, 0.25) is 5.02 Å². The first kappa shape index (κ1) is 14.4. The van der Waals surface area contributed by atoms with Crippen molar-refractivity contribution in [2.24, 2.45) is 0 Å². The zero-order valence-corrected chi connectivity index (χ0v) is 13.8. The number of amides is 2. The van der Waals surface area contributed by atoms with Gasteiger partial charge in [-0.15, -0.1) is 0 Å². The number of nitrogens with zero attached hydrogens (tertiary/aromatic N) is 1. The Kier molecular flexibility index (Phi) is 3.91. The number of hydrogen-bond acceptors (Lipinski definition) is 1. The molecule has 1 heterocycles. The number of nitrogens with one attached hydrogen (secondary N) is 1. The lowest BCUT2D eigenvalue weighted by Crippen LogP contribution is -2.35. The van der Waals surface area contributed by atoms with E-state index in [4.69, 9.17) is 11.6 Å². The average Bonchev–Trinajstić information content (AvgIpc) is 2.48. The van der Waals surface area contributed by atoms with Gasteiger partial charge in [0.05, 0.1) is 4.83 Å². The van der Waals surface area contributed by atoms with Crippen molar-refractivity contribution >= 4 is 39.2 Å². The third-order valence-electron chi connectivity index (χ3n) is 3.58. The molecule has 3 nitrogen and oxygen atoms in total. The van der Waals surface area contributed by atoms with Crippen molar-refractivity contribution in [1.82, 2.24) is 4.90 Å². The second-order valence-corrected chi connectivity index (χ2v) is 6.47. The fraction of sp³-hybridized carbons (Fsp3) is 0.188. The van der Waals surface area contributed by atoms with Crippen LogP contribution in [0, 0.1) is 0 Å². The van der Waals surface area contributed by atoms with Crippen molar-refractivity contribution in [2.45, 2.75) is 11.4 Å². The third-order valence-corrected chi connectivity index (χ3v) is 4.89. The van der Waals surface area contributed by atoms with Gasteiger partial charge in [-0.05, 0) is 34.9 Å². The van der Waals surface area contributed by atoms with Crippen molar-refractivity contribution < 1.29 is 4.79 Å². The van der Waals surface area contributed by atoms with Gasteiger partial charge < -0.3 is 10.2 Å². The molecule has 0 saturated carbocycles. The SMILES string of the molecule is CN1Cc2cc(C(Br)c3ccc(Cl)cc3)ccc2NC1=O. The predicted octanol–water partition coefficient (Wildman–Crippen LogP) is 4.80. The van der Waals surface area contributed by atoms with Crippen LogP contribution < -0.4 is 5.32 Å². The van der Waals surface area contributed by atoms with Gasteiger partial charge in [-0.3, -0.25) is 0 Å². The van der Waals surface area contributed by atoms with Gasteiger partial charge in [0.1, 0.15) is 0 Å². The Bertz CT molecular complexity index is 687. The van der Waals surface area contributed by atoms with Crippen LogP contribution in [-0.2, 0) is 6.54 Å². The maximum atomic E-state index is 11.6. The second kappa shape index (κ2) is 5.70. The standard InChI is InChI=1S/C16H14BrClN2O/c1-20-9-12-8-11(4-7-14(12)19-16(20)21)15(17)10-2-5-13(18)6-3-10/h2-8,15H,9H2,1H3,(H,19,21). The van der Waals surface area contributed by atoms with Crippen molar-refractivity contribution in [3.05, 3.63) is 64.2 Å². The lowest BCUT2D eigenvalue weighted by atomic mass is 10.0. The molecule has 0 fully saturated rings. The molecule has 21 heavy (non-hydrogen) atoms. The van der Waals surface area contributed by atoms with Crippen LogP contribution in [-0.4, -0.2) is 18.0 Å².